The van der Waals surface area contributed by atoms with Crippen molar-refractivity contribution in [1.82, 2.24) is 4.90 Å². The Bertz CT molecular complexity index is 832. The highest BCUT2D eigenvalue weighted by Crippen LogP contribution is 2.40. The van der Waals surface area contributed by atoms with Crippen LogP contribution in [0.5, 0.6) is 0 Å². The van der Waals surface area contributed by atoms with Crippen molar-refractivity contribution in [3.05, 3.63) is 44.5 Å². The lowest BCUT2D eigenvalue weighted by molar-refractivity contribution is 0.0650. The molecule has 0 radical (unpaired) electrons. The second-order valence-electron chi connectivity index (χ2n) is 6.42. The summed E-state index contributed by atoms with van der Waals surface area (Å²) in [7, 11) is 1.57. The maximum atomic E-state index is 12.7. The third kappa shape index (κ3) is 2.50. The molecule has 2 amide bonds. The Labute approximate surface area is 166 Å². The quantitative estimate of drug-likeness (QED) is 0.313. The Kier molecular flexibility index (Phi) is 5.64. The molecular formula is C19H21I2NO2. The van der Waals surface area contributed by atoms with Gasteiger partial charge in [-0.25, -0.2) is 0 Å². The van der Waals surface area contributed by atoms with Crippen LogP contribution < -0.4 is 0 Å². The molecule has 1 heterocycles. The maximum absolute atomic E-state index is 12.7. The van der Waals surface area contributed by atoms with Gasteiger partial charge in [0.1, 0.15) is 0 Å². The molecule has 1 aliphatic rings. The normalized spacial score (nSPS) is 13.3. The molecule has 0 bridgehead atoms. The number of imide groups is 1. The largest absolute Gasteiger partial charge is 0.277 e. The van der Waals surface area contributed by atoms with E-state index in [0.29, 0.717) is 11.1 Å². The van der Waals surface area contributed by atoms with E-state index in [1.807, 2.05) is 13.8 Å². The van der Waals surface area contributed by atoms with Gasteiger partial charge in [0.15, 0.2) is 0 Å². The minimum absolute atomic E-state index is 0.189. The maximum Gasteiger partial charge on any atom is 0.261 e. The highest BCUT2D eigenvalue weighted by molar-refractivity contribution is 15.0. The zero-order valence-corrected chi connectivity index (χ0v) is 19.3. The van der Waals surface area contributed by atoms with E-state index in [4.69, 9.17) is 0 Å². The van der Waals surface area contributed by atoms with E-state index < -0.39 is 0 Å². The second-order valence-corrected chi connectivity index (χ2v) is 6.42. The lowest BCUT2D eigenvalue weighted by Gasteiger charge is -2.30. The molecule has 5 heteroatoms. The first-order valence-electron chi connectivity index (χ1n) is 7.70. The van der Waals surface area contributed by atoms with E-state index in [1.165, 1.54) is 16.0 Å². The second kappa shape index (κ2) is 6.90. The highest BCUT2D eigenvalue weighted by atomic mass is 128. The van der Waals surface area contributed by atoms with Crippen LogP contribution in [0.15, 0.2) is 0 Å². The Morgan fingerprint density at radius 2 is 0.917 bits per heavy atom. The van der Waals surface area contributed by atoms with Crippen LogP contribution in [0.1, 0.15) is 54.1 Å². The summed E-state index contributed by atoms with van der Waals surface area (Å²) < 4.78 is 0. The number of nitrogens with zero attached hydrogens (tertiary/aromatic N) is 1. The van der Waals surface area contributed by atoms with Crippen LogP contribution in [0, 0.1) is 41.5 Å². The smallest absolute Gasteiger partial charge is 0.261 e. The number of hydrogen-bond acceptors (Lipinski definition) is 2. The zero-order chi connectivity index (χ0) is 18.5. The molecule has 0 saturated carbocycles. The van der Waals surface area contributed by atoms with Gasteiger partial charge in [0.2, 0.25) is 0 Å². The molecule has 3 rings (SSSR count). The van der Waals surface area contributed by atoms with Gasteiger partial charge < -0.3 is 0 Å². The molecule has 128 valence electrons. The fraction of sp³-hybridized carbons (Fsp3) is 0.368. The van der Waals surface area contributed by atoms with E-state index in [0.717, 1.165) is 33.0 Å². The SMILES string of the molecule is Cc1c(C)c2c3c(c(C)c(C)c(C)c3c1C)C(=O)N(C)C2=O.II. The molecule has 1 aliphatic heterocycles. The molecular weight excluding hydrogens is 528 g/mol. The van der Waals surface area contributed by atoms with E-state index >= 15 is 0 Å². The Hall–Kier alpha value is -0.700. The van der Waals surface area contributed by atoms with Crippen molar-refractivity contribution in [2.24, 2.45) is 0 Å². The summed E-state index contributed by atoms with van der Waals surface area (Å²) in [5, 5.41) is 1.93. The molecule has 0 aliphatic carbocycles. The molecule has 0 atom stereocenters. The number of hydrogen-bond donors (Lipinski definition) is 0. The number of carbonyl (C=O) groups excluding carboxylic acids is 2. The summed E-state index contributed by atoms with van der Waals surface area (Å²) in [5.41, 5.74) is 7.97. The topological polar surface area (TPSA) is 37.4 Å². The van der Waals surface area contributed by atoms with Crippen LogP contribution in [0.2, 0.25) is 0 Å². The Morgan fingerprint density at radius 3 is 1.25 bits per heavy atom. The molecule has 0 N–H and O–H groups in total. The molecule has 0 aromatic heterocycles. The summed E-state index contributed by atoms with van der Waals surface area (Å²) >= 11 is 4.24. The van der Waals surface area contributed by atoms with Crippen molar-refractivity contribution in [2.45, 2.75) is 41.5 Å². The van der Waals surface area contributed by atoms with Crippen molar-refractivity contribution in [3.63, 3.8) is 0 Å². The van der Waals surface area contributed by atoms with Gasteiger partial charge in [0, 0.05) is 49.7 Å². The predicted molar refractivity (Wildman–Crippen MR) is 117 cm³/mol. The Balaban J connectivity index is 0.00000100. The van der Waals surface area contributed by atoms with Crippen LogP contribution in [-0.2, 0) is 0 Å². The molecule has 24 heavy (non-hydrogen) atoms. The van der Waals surface area contributed by atoms with Crippen LogP contribution >= 0.6 is 37.2 Å². The average Bonchev–Trinajstić information content (AvgIpc) is 2.57. The van der Waals surface area contributed by atoms with E-state index in [2.05, 4.69) is 64.9 Å². The van der Waals surface area contributed by atoms with Crippen molar-refractivity contribution in [1.29, 1.82) is 0 Å². The first-order valence-corrected chi connectivity index (χ1v) is 14.0. The predicted octanol–water partition coefficient (Wildman–Crippen LogP) is 5.69. The van der Waals surface area contributed by atoms with Gasteiger partial charge in [-0.1, -0.05) is 0 Å². The Morgan fingerprint density at radius 1 is 0.583 bits per heavy atom. The van der Waals surface area contributed by atoms with E-state index in [-0.39, 0.29) is 11.8 Å². The molecule has 0 fully saturated rings. The molecule has 3 nitrogen and oxygen atoms in total. The minimum atomic E-state index is -0.189. The molecule has 2 aromatic carbocycles. The number of rotatable bonds is 0. The van der Waals surface area contributed by atoms with Gasteiger partial charge in [-0.3, -0.25) is 14.5 Å². The highest BCUT2D eigenvalue weighted by Gasteiger charge is 2.35. The summed E-state index contributed by atoms with van der Waals surface area (Å²) in [6, 6.07) is 0. The average molecular weight is 549 g/mol. The van der Waals surface area contributed by atoms with Crippen molar-refractivity contribution >= 4 is 59.8 Å². The number of halogens is 2. The van der Waals surface area contributed by atoms with Crippen molar-refractivity contribution < 1.29 is 9.59 Å². The van der Waals surface area contributed by atoms with Crippen LogP contribution in [-0.4, -0.2) is 23.8 Å². The third-order valence-corrected chi connectivity index (χ3v) is 5.54. The van der Waals surface area contributed by atoms with Crippen LogP contribution in [0.4, 0.5) is 0 Å². The van der Waals surface area contributed by atoms with Gasteiger partial charge in [0.25, 0.3) is 11.8 Å². The van der Waals surface area contributed by atoms with E-state index in [9.17, 15) is 9.59 Å². The van der Waals surface area contributed by atoms with Crippen LogP contribution in [0.3, 0.4) is 0 Å². The van der Waals surface area contributed by atoms with Gasteiger partial charge >= 0.3 is 0 Å². The number of carbonyl (C=O) groups is 2. The number of benzene rings is 2. The zero-order valence-electron chi connectivity index (χ0n) is 15.0. The van der Waals surface area contributed by atoms with E-state index in [1.54, 1.807) is 7.05 Å². The first-order chi connectivity index (χ1) is 11.2. The van der Waals surface area contributed by atoms with Gasteiger partial charge in [-0.2, -0.15) is 0 Å². The summed E-state index contributed by atoms with van der Waals surface area (Å²) in [5.74, 6) is -0.378. The molecule has 0 saturated heterocycles. The standard InChI is InChI=1S/C19H21NO2.I2/c1-8-10(3)14-11(4)9(2)13(6)16-17(14)15(12(8)5)18(21)20(7)19(16)22;1-2/h1-7H3;. The van der Waals surface area contributed by atoms with Gasteiger partial charge in [0.05, 0.1) is 11.1 Å². The summed E-state index contributed by atoms with van der Waals surface area (Å²) in [6.07, 6.45) is 0. The first kappa shape index (κ1) is 19.6. The summed E-state index contributed by atoms with van der Waals surface area (Å²) in [6.45, 7) is 12.2. The lowest BCUT2D eigenvalue weighted by Crippen LogP contribution is -2.38. The molecule has 0 spiro atoms. The van der Waals surface area contributed by atoms with Gasteiger partial charge in [-0.15, -0.1) is 0 Å². The van der Waals surface area contributed by atoms with Crippen molar-refractivity contribution in [2.75, 3.05) is 7.05 Å². The molecule has 0 unspecified atom stereocenters. The minimum Gasteiger partial charge on any atom is -0.277 e. The lowest BCUT2D eigenvalue weighted by atomic mass is 9.80. The van der Waals surface area contributed by atoms with Gasteiger partial charge in [-0.05, 0) is 80.3 Å². The number of aryl methyl sites for hydroxylation is 2. The summed E-state index contributed by atoms with van der Waals surface area (Å²) in [4.78, 5) is 26.7. The van der Waals surface area contributed by atoms with Crippen molar-refractivity contribution in [3.8, 4) is 0 Å². The van der Waals surface area contributed by atoms with Crippen LogP contribution in [0.25, 0.3) is 10.8 Å². The monoisotopic (exact) mass is 549 g/mol. The number of amides is 2. The third-order valence-electron chi connectivity index (χ3n) is 5.54. The fourth-order valence-electron chi connectivity index (χ4n) is 3.68. The molecule has 2 aromatic rings. The fourth-order valence-corrected chi connectivity index (χ4v) is 3.68.